The van der Waals surface area contributed by atoms with Crippen molar-refractivity contribution in [2.75, 3.05) is 5.73 Å². The highest BCUT2D eigenvalue weighted by atomic mass is 79.9. The number of aldehydes is 1. The number of allylic oxidation sites excluding steroid dienone is 1. The van der Waals surface area contributed by atoms with Gasteiger partial charge in [-0.2, -0.15) is 0 Å². The molecule has 0 fully saturated rings. The van der Waals surface area contributed by atoms with Crippen molar-refractivity contribution in [3.05, 3.63) is 44.5 Å². The van der Waals surface area contributed by atoms with E-state index in [1.807, 2.05) is 5.38 Å². The molecule has 24 heavy (non-hydrogen) atoms. The average Bonchev–Trinajstić information content (AvgIpc) is 3.15. The number of rotatable bonds is 4. The van der Waals surface area contributed by atoms with Crippen LogP contribution in [-0.4, -0.2) is 16.4 Å². The molecule has 124 valence electrons. The molecule has 1 aromatic carbocycles. The second-order valence-electron chi connectivity index (χ2n) is 5.56. The van der Waals surface area contributed by atoms with Crippen LogP contribution in [0.5, 0.6) is 5.75 Å². The van der Waals surface area contributed by atoms with E-state index in [-0.39, 0.29) is 5.75 Å². The Hall–Kier alpha value is -2.12. The smallest absolute Gasteiger partial charge is 0.160 e. The summed E-state index contributed by atoms with van der Waals surface area (Å²) in [6, 6.07) is 3.15. The van der Waals surface area contributed by atoms with Crippen LogP contribution < -0.4 is 5.73 Å². The number of aromatic hydroxyl groups is 1. The Kier molecular flexibility index (Phi) is 4.47. The molecular weight excluding hydrogens is 392 g/mol. The summed E-state index contributed by atoms with van der Waals surface area (Å²) in [5.74, 6) is 0.725. The largest absolute Gasteiger partial charge is 0.507 e. The molecule has 0 amide bonds. The monoisotopic (exact) mass is 406 g/mol. The van der Waals surface area contributed by atoms with Crippen molar-refractivity contribution in [2.45, 2.75) is 19.8 Å². The van der Waals surface area contributed by atoms with Crippen LogP contribution in [-0.2, 0) is 4.79 Å². The number of phenols is 1. The first-order valence-corrected chi connectivity index (χ1v) is 8.92. The molecule has 0 unspecified atom stereocenters. The lowest BCUT2D eigenvalue weighted by Gasteiger charge is -2.02. The van der Waals surface area contributed by atoms with Gasteiger partial charge in [-0.15, -0.1) is 11.3 Å². The number of anilines is 1. The van der Waals surface area contributed by atoms with Crippen LogP contribution in [0.3, 0.4) is 0 Å². The van der Waals surface area contributed by atoms with E-state index in [0.717, 1.165) is 5.01 Å². The summed E-state index contributed by atoms with van der Waals surface area (Å²) >= 11 is 4.85. The average molecular weight is 407 g/mol. The summed E-state index contributed by atoms with van der Waals surface area (Å²) in [6.07, 6.45) is 2.07. The van der Waals surface area contributed by atoms with Crippen molar-refractivity contribution >= 4 is 55.8 Å². The number of phenolic OH excluding ortho intramolecular Hbond substituents is 1. The van der Waals surface area contributed by atoms with Crippen LogP contribution in [0, 0.1) is 0 Å². The normalized spacial score (nSPS) is 12.2. The number of hydrogen-bond acceptors (Lipinski definition) is 6. The maximum Gasteiger partial charge on any atom is 0.160 e. The van der Waals surface area contributed by atoms with E-state index in [9.17, 15) is 9.90 Å². The summed E-state index contributed by atoms with van der Waals surface area (Å²) in [5, 5.41) is 13.3. The van der Waals surface area contributed by atoms with Crippen LogP contribution in [0.25, 0.3) is 16.5 Å². The fraction of sp³-hybridized carbons (Fsp3) is 0.176. The Bertz CT molecular complexity index is 956. The fourth-order valence-corrected chi connectivity index (χ4v) is 3.76. The van der Waals surface area contributed by atoms with E-state index in [0.29, 0.717) is 50.4 Å². The van der Waals surface area contributed by atoms with Gasteiger partial charge < -0.3 is 15.3 Å². The lowest BCUT2D eigenvalue weighted by Crippen LogP contribution is -1.94. The van der Waals surface area contributed by atoms with Crippen molar-refractivity contribution in [3.8, 4) is 5.75 Å². The van der Waals surface area contributed by atoms with Gasteiger partial charge in [-0.3, -0.25) is 4.79 Å². The number of nitrogens with zero attached hydrogens (tertiary/aromatic N) is 1. The number of carbonyl (C=O) groups is 1. The summed E-state index contributed by atoms with van der Waals surface area (Å²) in [5.41, 5.74) is 8.25. The van der Waals surface area contributed by atoms with Crippen LogP contribution in [0.2, 0.25) is 0 Å². The first-order chi connectivity index (χ1) is 11.4. The van der Waals surface area contributed by atoms with Gasteiger partial charge in [-0.25, -0.2) is 4.98 Å². The number of aromatic nitrogens is 1. The van der Waals surface area contributed by atoms with Gasteiger partial charge in [0.2, 0.25) is 0 Å². The number of benzene rings is 1. The van der Waals surface area contributed by atoms with Gasteiger partial charge in [0, 0.05) is 16.9 Å². The molecule has 0 spiro atoms. The van der Waals surface area contributed by atoms with Crippen molar-refractivity contribution in [1.82, 2.24) is 4.98 Å². The Morgan fingerprint density at radius 3 is 2.83 bits per heavy atom. The van der Waals surface area contributed by atoms with Gasteiger partial charge in [-0.05, 0) is 34.1 Å². The van der Waals surface area contributed by atoms with Gasteiger partial charge in [0.15, 0.2) is 5.76 Å². The Labute approximate surface area is 150 Å². The fourth-order valence-electron chi connectivity index (χ4n) is 2.38. The molecule has 0 saturated carbocycles. The van der Waals surface area contributed by atoms with E-state index in [2.05, 4.69) is 34.8 Å². The number of fused-ring (bicyclic) bond motifs is 1. The number of nitrogen functional groups attached to an aromatic ring is 1. The minimum atomic E-state index is 0.0678. The lowest BCUT2D eigenvalue weighted by molar-refractivity contribution is -0.104. The maximum atomic E-state index is 11.1. The van der Waals surface area contributed by atoms with Crippen LogP contribution in [0.1, 0.15) is 36.2 Å². The number of halogens is 1. The topological polar surface area (TPSA) is 89.3 Å². The lowest BCUT2D eigenvalue weighted by atomic mass is 10.1. The second kappa shape index (κ2) is 6.41. The third kappa shape index (κ3) is 2.74. The highest BCUT2D eigenvalue weighted by molar-refractivity contribution is 9.10. The number of thiazole rings is 1. The van der Waals surface area contributed by atoms with Gasteiger partial charge in [0.05, 0.1) is 26.2 Å². The molecule has 3 rings (SSSR count). The number of furan rings is 1. The van der Waals surface area contributed by atoms with E-state index in [4.69, 9.17) is 10.2 Å². The summed E-state index contributed by atoms with van der Waals surface area (Å²) in [6.45, 7) is 4.11. The second-order valence-corrected chi connectivity index (χ2v) is 7.24. The first kappa shape index (κ1) is 16.7. The van der Waals surface area contributed by atoms with Gasteiger partial charge >= 0.3 is 0 Å². The molecule has 0 atom stereocenters. The molecule has 0 radical (unpaired) electrons. The summed E-state index contributed by atoms with van der Waals surface area (Å²) in [7, 11) is 0. The number of carbonyl (C=O) groups excluding carboxylic acids is 1. The summed E-state index contributed by atoms with van der Waals surface area (Å²) in [4.78, 5) is 15.7. The minimum absolute atomic E-state index is 0.0678. The standard InChI is InChI=1S/C17H15BrN2O3S/c1-8(2)17-20-10(7-24-17)9(5-6-21)16-15(19)13-12(23-16)4-3-11(22)14(13)18/h3-8,22H,19H2,1-2H3. The number of nitrogens with two attached hydrogens (primary N) is 1. The molecular formula is C17H15BrN2O3S. The molecule has 2 aromatic heterocycles. The van der Waals surface area contributed by atoms with Crippen LogP contribution in [0.15, 0.2) is 32.5 Å². The van der Waals surface area contributed by atoms with E-state index >= 15 is 0 Å². The SMILES string of the molecule is CC(C)c1nc(C(=CC=O)c2oc3ccc(O)c(Br)c3c2N)cs1. The van der Waals surface area contributed by atoms with Crippen molar-refractivity contribution in [1.29, 1.82) is 0 Å². The van der Waals surface area contributed by atoms with Crippen molar-refractivity contribution < 1.29 is 14.3 Å². The molecule has 5 nitrogen and oxygen atoms in total. The molecule has 3 aromatic rings. The Balaban J connectivity index is 2.21. The van der Waals surface area contributed by atoms with Gasteiger partial charge in [0.25, 0.3) is 0 Å². The molecule has 3 N–H and O–H groups in total. The number of hydrogen-bond donors (Lipinski definition) is 2. The molecule has 2 heterocycles. The minimum Gasteiger partial charge on any atom is -0.507 e. The third-order valence-electron chi connectivity index (χ3n) is 3.58. The molecule has 0 aliphatic heterocycles. The molecule has 0 saturated heterocycles. The van der Waals surface area contributed by atoms with E-state index < -0.39 is 0 Å². The molecule has 0 aliphatic rings. The first-order valence-electron chi connectivity index (χ1n) is 7.25. The summed E-state index contributed by atoms with van der Waals surface area (Å²) < 4.78 is 6.30. The quantitative estimate of drug-likeness (QED) is 0.484. The third-order valence-corrected chi connectivity index (χ3v) is 5.53. The van der Waals surface area contributed by atoms with E-state index in [1.165, 1.54) is 23.5 Å². The van der Waals surface area contributed by atoms with Crippen molar-refractivity contribution in [3.63, 3.8) is 0 Å². The molecule has 7 heteroatoms. The van der Waals surface area contributed by atoms with Crippen molar-refractivity contribution in [2.24, 2.45) is 0 Å². The molecule has 0 aliphatic carbocycles. The van der Waals surface area contributed by atoms with Crippen LogP contribution >= 0.6 is 27.3 Å². The Morgan fingerprint density at radius 2 is 2.21 bits per heavy atom. The highest BCUT2D eigenvalue weighted by Gasteiger charge is 2.22. The van der Waals surface area contributed by atoms with E-state index in [1.54, 1.807) is 6.07 Å². The molecule has 0 bridgehead atoms. The zero-order valence-corrected chi connectivity index (χ0v) is 15.4. The zero-order chi connectivity index (χ0) is 17.4. The van der Waals surface area contributed by atoms with Crippen LogP contribution in [0.4, 0.5) is 5.69 Å². The predicted molar refractivity (Wildman–Crippen MR) is 99.3 cm³/mol. The highest BCUT2D eigenvalue weighted by Crippen LogP contribution is 2.42. The Morgan fingerprint density at radius 1 is 1.46 bits per heavy atom. The van der Waals surface area contributed by atoms with Gasteiger partial charge in [-0.1, -0.05) is 13.8 Å². The zero-order valence-electron chi connectivity index (χ0n) is 13.0. The van der Waals surface area contributed by atoms with Gasteiger partial charge in [0.1, 0.15) is 17.6 Å². The predicted octanol–water partition coefficient (Wildman–Crippen LogP) is 4.69. The maximum absolute atomic E-state index is 11.1.